The Kier molecular flexibility index (Phi) is 3.18. The van der Waals surface area contributed by atoms with Crippen molar-refractivity contribution in [1.82, 2.24) is 0 Å². The van der Waals surface area contributed by atoms with E-state index in [0.29, 0.717) is 25.0 Å². The zero-order valence-electron chi connectivity index (χ0n) is 13.0. The molecule has 2 aromatic rings. The van der Waals surface area contributed by atoms with Gasteiger partial charge in [-0.2, -0.15) is 0 Å². The van der Waals surface area contributed by atoms with Crippen LogP contribution in [0.15, 0.2) is 48.6 Å². The highest BCUT2D eigenvalue weighted by molar-refractivity contribution is 5.95. The van der Waals surface area contributed by atoms with E-state index in [4.69, 9.17) is 9.47 Å². The maximum atomic E-state index is 6.02. The number of benzene rings is 2. The van der Waals surface area contributed by atoms with Crippen LogP contribution in [0.1, 0.15) is 36.8 Å². The molecule has 0 spiro atoms. The first-order chi connectivity index (χ1) is 10.8. The predicted molar refractivity (Wildman–Crippen MR) is 90.0 cm³/mol. The summed E-state index contributed by atoms with van der Waals surface area (Å²) in [7, 11) is 0. The van der Waals surface area contributed by atoms with Crippen LogP contribution >= 0.6 is 0 Å². The van der Waals surface area contributed by atoms with Crippen molar-refractivity contribution in [3.05, 3.63) is 59.7 Å². The van der Waals surface area contributed by atoms with Gasteiger partial charge in [-0.3, -0.25) is 0 Å². The summed E-state index contributed by atoms with van der Waals surface area (Å²) in [6.07, 6.45) is 8.62. The fraction of sp³-hybridized carbons (Fsp3) is 0.300. The molecule has 2 atom stereocenters. The quantitative estimate of drug-likeness (QED) is 0.640. The van der Waals surface area contributed by atoms with Crippen LogP contribution in [0.2, 0.25) is 0 Å². The van der Waals surface area contributed by atoms with Gasteiger partial charge in [-0.05, 0) is 0 Å². The van der Waals surface area contributed by atoms with E-state index in [1.54, 1.807) is 0 Å². The Morgan fingerprint density at radius 2 is 1.18 bits per heavy atom. The normalized spacial score (nSPS) is 23.0. The van der Waals surface area contributed by atoms with Crippen molar-refractivity contribution < 1.29 is 9.47 Å². The van der Waals surface area contributed by atoms with E-state index in [-0.39, 0.29) is 0 Å². The summed E-state index contributed by atoms with van der Waals surface area (Å²) in [4.78, 5) is 0. The highest BCUT2D eigenvalue weighted by Crippen LogP contribution is 2.43. The fourth-order valence-electron chi connectivity index (χ4n) is 3.41. The van der Waals surface area contributed by atoms with Gasteiger partial charge in [-0.25, -0.2) is 0 Å². The van der Waals surface area contributed by atoms with Gasteiger partial charge < -0.3 is 9.47 Å². The van der Waals surface area contributed by atoms with Crippen LogP contribution in [0.5, 0.6) is 11.5 Å². The van der Waals surface area contributed by atoms with Crippen LogP contribution in [0.3, 0.4) is 0 Å². The van der Waals surface area contributed by atoms with Crippen LogP contribution in [0, 0.1) is 0 Å². The van der Waals surface area contributed by atoms with E-state index in [1.165, 1.54) is 11.1 Å². The van der Waals surface area contributed by atoms with Crippen LogP contribution in [0.4, 0.5) is 0 Å². The third-order valence-corrected chi connectivity index (χ3v) is 4.64. The third kappa shape index (κ3) is 2.02. The van der Waals surface area contributed by atoms with Gasteiger partial charge in [0.25, 0.3) is 0 Å². The van der Waals surface area contributed by atoms with Crippen molar-refractivity contribution in [1.29, 1.82) is 0 Å². The van der Waals surface area contributed by atoms with Crippen LogP contribution in [-0.2, 0) is 0 Å². The third-order valence-electron chi connectivity index (χ3n) is 4.64. The Morgan fingerprint density at radius 1 is 0.727 bits per heavy atom. The van der Waals surface area contributed by atoms with E-state index in [0.717, 1.165) is 22.3 Å². The lowest BCUT2D eigenvalue weighted by Crippen LogP contribution is -2.00. The molecule has 0 saturated carbocycles. The lowest BCUT2D eigenvalue weighted by Gasteiger charge is -2.18. The Balaban J connectivity index is 1.97. The zero-order chi connectivity index (χ0) is 15.1. The lowest BCUT2D eigenvalue weighted by molar-refractivity contribution is 0.362. The number of hydrogen-bond donors (Lipinski definition) is 0. The molecule has 2 heteroatoms. The first-order valence-corrected chi connectivity index (χ1v) is 7.94. The van der Waals surface area contributed by atoms with Gasteiger partial charge in [0.2, 0.25) is 0 Å². The second-order valence-corrected chi connectivity index (χ2v) is 6.12. The molecular weight excluding hydrogens is 272 g/mol. The summed E-state index contributed by atoms with van der Waals surface area (Å²) in [6, 6.07) is 8.74. The van der Waals surface area contributed by atoms with E-state index in [1.807, 2.05) is 0 Å². The first kappa shape index (κ1) is 13.4. The van der Waals surface area contributed by atoms with Crippen LogP contribution in [0.25, 0.3) is 10.8 Å². The van der Waals surface area contributed by atoms with E-state index >= 15 is 0 Å². The maximum Gasteiger partial charge on any atom is 0.131 e. The van der Waals surface area contributed by atoms with E-state index in [2.05, 4.69) is 62.4 Å². The van der Waals surface area contributed by atoms with Crippen molar-refractivity contribution in [3.63, 3.8) is 0 Å². The largest absolute Gasteiger partial charge is 0.489 e. The van der Waals surface area contributed by atoms with Crippen LogP contribution in [-0.4, -0.2) is 13.2 Å². The monoisotopic (exact) mass is 292 g/mol. The summed E-state index contributed by atoms with van der Waals surface area (Å²) in [5, 5.41) is 2.31. The maximum absolute atomic E-state index is 6.02. The van der Waals surface area contributed by atoms with Crippen molar-refractivity contribution in [2.24, 2.45) is 0 Å². The molecular formula is C20H20O2. The number of allylic oxidation sites excluding steroid dienone is 2. The van der Waals surface area contributed by atoms with Crippen LogP contribution < -0.4 is 9.47 Å². The highest BCUT2D eigenvalue weighted by Gasteiger charge is 2.20. The molecule has 0 saturated heterocycles. The van der Waals surface area contributed by atoms with Gasteiger partial charge >= 0.3 is 0 Å². The predicted octanol–water partition coefficient (Wildman–Crippen LogP) is 4.94. The summed E-state index contributed by atoms with van der Waals surface area (Å²) >= 11 is 0. The molecule has 0 bridgehead atoms. The minimum atomic E-state index is 0.377. The summed E-state index contributed by atoms with van der Waals surface area (Å²) < 4.78 is 12.0. The lowest BCUT2D eigenvalue weighted by atomic mass is 9.92. The molecule has 2 nitrogen and oxygen atoms in total. The molecule has 0 fully saturated rings. The highest BCUT2D eigenvalue weighted by atomic mass is 16.5. The molecule has 112 valence electrons. The Labute approximate surface area is 131 Å². The average Bonchev–Trinajstić information content (AvgIpc) is 2.84. The molecule has 0 radical (unpaired) electrons. The first-order valence-electron chi connectivity index (χ1n) is 7.94. The summed E-state index contributed by atoms with van der Waals surface area (Å²) in [5.74, 6) is 2.77. The van der Waals surface area contributed by atoms with Gasteiger partial charge in [0.05, 0.1) is 0 Å². The Morgan fingerprint density at radius 3 is 1.64 bits per heavy atom. The average molecular weight is 292 g/mol. The smallest absolute Gasteiger partial charge is 0.131 e. The molecule has 4 rings (SSSR count). The number of ether oxygens (including phenoxy) is 2. The van der Waals surface area contributed by atoms with Gasteiger partial charge in [0, 0.05) is 33.7 Å². The molecule has 0 N–H and O–H groups in total. The molecule has 2 unspecified atom stereocenters. The van der Waals surface area contributed by atoms with Crippen molar-refractivity contribution in [2.75, 3.05) is 13.2 Å². The van der Waals surface area contributed by atoms with Crippen molar-refractivity contribution in [3.8, 4) is 11.5 Å². The molecule has 22 heavy (non-hydrogen) atoms. The van der Waals surface area contributed by atoms with Gasteiger partial charge in [-0.15, -0.1) is 0 Å². The number of hydrogen-bond acceptors (Lipinski definition) is 2. The molecule has 2 aromatic carbocycles. The SMILES string of the molecule is CC1C=CCOc2c1ccc1c3c(ccc21)C(C)C=CCO3. The molecule has 2 aliphatic heterocycles. The number of fused-ring (bicyclic) bond motifs is 5. The second kappa shape index (κ2) is 5.20. The summed E-state index contributed by atoms with van der Waals surface area (Å²) in [6.45, 7) is 5.68. The zero-order valence-corrected chi connectivity index (χ0v) is 13.0. The Bertz CT molecular complexity index is 719. The minimum Gasteiger partial charge on any atom is -0.489 e. The standard InChI is InChI=1S/C20H20O2/c1-13-5-3-11-21-19-15(13)7-9-18-17(19)10-8-16-14(2)6-4-12-22-20(16)18/h3-10,13-14H,11-12H2,1-2H3. The Hall–Kier alpha value is -2.22. The van der Waals surface area contributed by atoms with Gasteiger partial charge in [0.15, 0.2) is 0 Å². The van der Waals surface area contributed by atoms with Crippen molar-refractivity contribution >= 4 is 10.8 Å². The molecule has 0 aliphatic carbocycles. The summed E-state index contributed by atoms with van der Waals surface area (Å²) in [5.41, 5.74) is 2.50. The van der Waals surface area contributed by atoms with Gasteiger partial charge in [-0.1, -0.05) is 62.4 Å². The van der Waals surface area contributed by atoms with Gasteiger partial charge in [0.1, 0.15) is 24.7 Å². The molecule has 0 aromatic heterocycles. The van der Waals surface area contributed by atoms with E-state index in [9.17, 15) is 0 Å². The molecule has 2 aliphatic rings. The van der Waals surface area contributed by atoms with E-state index < -0.39 is 0 Å². The number of rotatable bonds is 0. The fourth-order valence-corrected chi connectivity index (χ4v) is 3.41. The minimum absolute atomic E-state index is 0.377. The van der Waals surface area contributed by atoms with Crippen molar-refractivity contribution in [2.45, 2.75) is 25.7 Å². The molecule has 0 amide bonds. The second-order valence-electron chi connectivity index (χ2n) is 6.12. The topological polar surface area (TPSA) is 18.5 Å². The molecule has 2 heterocycles.